The lowest BCUT2D eigenvalue weighted by molar-refractivity contribution is 0.0943. The van der Waals surface area contributed by atoms with Gasteiger partial charge in [-0.3, -0.25) is 9.59 Å². The summed E-state index contributed by atoms with van der Waals surface area (Å²) in [6.07, 6.45) is 6.50. The molecule has 2 aromatic rings. The van der Waals surface area contributed by atoms with Gasteiger partial charge >= 0.3 is 0 Å². The van der Waals surface area contributed by atoms with E-state index in [1.807, 2.05) is 20.0 Å². The summed E-state index contributed by atoms with van der Waals surface area (Å²) in [6, 6.07) is 5.20. The third-order valence-corrected chi connectivity index (χ3v) is 6.26. The second-order valence-corrected chi connectivity index (χ2v) is 8.56. The molecule has 1 fully saturated rings. The molecular weight excluding hydrogens is 374 g/mol. The summed E-state index contributed by atoms with van der Waals surface area (Å²) in [6.45, 7) is 5.62. The monoisotopic (exact) mass is 403 g/mol. The Hall–Kier alpha value is -1.85. The summed E-state index contributed by atoms with van der Waals surface area (Å²) >= 11 is 6.36. The number of fused-ring (bicyclic) bond motifs is 1. The molecule has 1 aromatic heterocycles. The Morgan fingerprint density at radius 2 is 1.93 bits per heavy atom. The van der Waals surface area contributed by atoms with E-state index in [1.54, 1.807) is 22.9 Å². The van der Waals surface area contributed by atoms with Crippen LogP contribution < -0.4 is 16.2 Å². The highest BCUT2D eigenvalue weighted by Gasteiger charge is 2.21. The minimum absolute atomic E-state index is 0.0172. The number of rotatable bonds is 6. The number of benzene rings is 1. The number of nitrogens with one attached hydrogen (secondary N) is 2. The van der Waals surface area contributed by atoms with Crippen LogP contribution in [0.1, 0.15) is 55.9 Å². The number of hydrogen-bond donors (Lipinski definition) is 2. The van der Waals surface area contributed by atoms with Crippen molar-refractivity contribution in [1.82, 2.24) is 15.2 Å². The van der Waals surface area contributed by atoms with Crippen LogP contribution in [0.2, 0.25) is 5.02 Å². The zero-order valence-electron chi connectivity index (χ0n) is 16.9. The molecule has 1 saturated carbocycles. The minimum atomic E-state index is -0.199. The molecule has 0 spiro atoms. The van der Waals surface area contributed by atoms with Crippen LogP contribution in [0.25, 0.3) is 10.8 Å². The van der Waals surface area contributed by atoms with Crippen LogP contribution in [0, 0.1) is 11.8 Å². The highest BCUT2D eigenvalue weighted by Crippen LogP contribution is 2.28. The number of carbonyl (C=O) groups excluding carboxylic acids is 1. The van der Waals surface area contributed by atoms with Crippen molar-refractivity contribution in [2.24, 2.45) is 11.8 Å². The molecule has 0 saturated heterocycles. The molecule has 1 aliphatic rings. The molecule has 1 amide bonds. The van der Waals surface area contributed by atoms with E-state index in [1.165, 1.54) is 12.8 Å². The number of amides is 1. The highest BCUT2D eigenvalue weighted by molar-refractivity contribution is 6.35. The molecule has 1 heterocycles. The third-order valence-electron chi connectivity index (χ3n) is 5.95. The molecule has 0 aliphatic heterocycles. The Morgan fingerprint density at radius 3 is 2.61 bits per heavy atom. The number of likely N-dealkylation sites (N-methyl/N-ethyl adjacent to an activating group) is 1. The van der Waals surface area contributed by atoms with Gasteiger partial charge in [-0.25, -0.2) is 0 Å². The van der Waals surface area contributed by atoms with Crippen molar-refractivity contribution in [3.8, 4) is 0 Å². The first-order chi connectivity index (χ1) is 13.4. The van der Waals surface area contributed by atoms with E-state index >= 15 is 0 Å². The molecule has 0 radical (unpaired) electrons. The SMILES string of the molecule is CNC[C@@H](C)n1ccc2c(C(=O)NCC3CCC(C)CC3)c(Cl)ccc2c1=O. The molecule has 6 heteroatoms. The average Bonchev–Trinajstić information content (AvgIpc) is 2.67. The maximum absolute atomic E-state index is 12.9. The van der Waals surface area contributed by atoms with Crippen LogP contribution >= 0.6 is 11.6 Å². The highest BCUT2D eigenvalue weighted by atomic mass is 35.5. The van der Waals surface area contributed by atoms with Crippen molar-refractivity contribution in [2.45, 2.75) is 45.6 Å². The fraction of sp³-hybridized carbons (Fsp3) is 0.545. The first-order valence-electron chi connectivity index (χ1n) is 10.2. The second-order valence-electron chi connectivity index (χ2n) is 8.15. The largest absolute Gasteiger partial charge is 0.352 e. The van der Waals surface area contributed by atoms with E-state index < -0.39 is 0 Å². The first kappa shape index (κ1) is 20.9. The van der Waals surface area contributed by atoms with E-state index in [4.69, 9.17) is 11.6 Å². The number of pyridine rings is 1. The fourth-order valence-corrected chi connectivity index (χ4v) is 4.40. The summed E-state index contributed by atoms with van der Waals surface area (Å²) in [7, 11) is 1.86. The number of carbonyl (C=O) groups is 1. The van der Waals surface area contributed by atoms with Gasteiger partial charge in [0.2, 0.25) is 0 Å². The molecule has 28 heavy (non-hydrogen) atoms. The van der Waals surface area contributed by atoms with E-state index in [0.717, 1.165) is 18.8 Å². The zero-order chi connectivity index (χ0) is 20.3. The maximum atomic E-state index is 12.9. The van der Waals surface area contributed by atoms with Gasteiger partial charge in [0.1, 0.15) is 0 Å². The van der Waals surface area contributed by atoms with Gasteiger partial charge in [0, 0.05) is 36.1 Å². The molecule has 1 aliphatic carbocycles. The van der Waals surface area contributed by atoms with Crippen molar-refractivity contribution >= 4 is 28.3 Å². The molecule has 1 atom stereocenters. The van der Waals surface area contributed by atoms with Crippen LogP contribution in [0.15, 0.2) is 29.2 Å². The minimum Gasteiger partial charge on any atom is -0.352 e. The standard InChI is InChI=1S/C22H30ClN3O2/c1-14-4-6-16(7-5-14)13-25-21(27)20-17-10-11-26(15(2)12-24-3)22(28)18(17)8-9-19(20)23/h8-11,14-16,24H,4-7,12-13H2,1-3H3,(H,25,27)/t14?,15-,16?/m1/s1. The third kappa shape index (κ3) is 4.41. The molecule has 3 rings (SSSR count). The van der Waals surface area contributed by atoms with Crippen LogP contribution in [-0.4, -0.2) is 30.6 Å². The van der Waals surface area contributed by atoms with Crippen molar-refractivity contribution in [3.63, 3.8) is 0 Å². The van der Waals surface area contributed by atoms with Crippen molar-refractivity contribution in [2.75, 3.05) is 20.1 Å². The van der Waals surface area contributed by atoms with Crippen LogP contribution in [0.4, 0.5) is 0 Å². The van der Waals surface area contributed by atoms with Crippen LogP contribution in [-0.2, 0) is 0 Å². The zero-order valence-corrected chi connectivity index (χ0v) is 17.7. The topological polar surface area (TPSA) is 63.1 Å². The number of halogens is 1. The molecule has 5 nitrogen and oxygen atoms in total. The summed E-state index contributed by atoms with van der Waals surface area (Å²) in [5.41, 5.74) is 0.293. The Kier molecular flexibility index (Phi) is 6.78. The first-order valence-corrected chi connectivity index (χ1v) is 10.6. The fourth-order valence-electron chi connectivity index (χ4n) is 4.14. The Bertz CT molecular complexity index is 901. The number of aromatic nitrogens is 1. The van der Waals surface area contributed by atoms with Gasteiger partial charge in [0.25, 0.3) is 11.5 Å². The van der Waals surface area contributed by atoms with E-state index in [2.05, 4.69) is 17.6 Å². The van der Waals surface area contributed by atoms with Gasteiger partial charge in [-0.1, -0.05) is 31.4 Å². The number of nitrogens with zero attached hydrogens (tertiary/aromatic N) is 1. The average molecular weight is 404 g/mol. The van der Waals surface area contributed by atoms with E-state index in [0.29, 0.717) is 40.4 Å². The second kappa shape index (κ2) is 9.10. The van der Waals surface area contributed by atoms with Gasteiger partial charge < -0.3 is 15.2 Å². The van der Waals surface area contributed by atoms with Gasteiger partial charge in [0.15, 0.2) is 0 Å². The van der Waals surface area contributed by atoms with Gasteiger partial charge in [0.05, 0.1) is 10.6 Å². The maximum Gasteiger partial charge on any atom is 0.258 e. The molecule has 152 valence electrons. The van der Waals surface area contributed by atoms with E-state index in [-0.39, 0.29) is 17.5 Å². The smallest absolute Gasteiger partial charge is 0.258 e. The predicted octanol–water partition coefficient (Wildman–Crippen LogP) is 3.99. The van der Waals surface area contributed by atoms with Crippen molar-refractivity contribution in [3.05, 3.63) is 45.3 Å². The van der Waals surface area contributed by atoms with Gasteiger partial charge in [-0.05, 0) is 56.8 Å². The molecule has 1 aromatic carbocycles. The van der Waals surface area contributed by atoms with Gasteiger partial charge in [-0.15, -0.1) is 0 Å². The van der Waals surface area contributed by atoms with Crippen LogP contribution in [0.5, 0.6) is 0 Å². The quantitative estimate of drug-likeness (QED) is 0.766. The van der Waals surface area contributed by atoms with Gasteiger partial charge in [-0.2, -0.15) is 0 Å². The predicted molar refractivity (Wildman–Crippen MR) is 115 cm³/mol. The molecule has 0 unspecified atom stereocenters. The summed E-state index contributed by atoms with van der Waals surface area (Å²) in [5.74, 6) is 1.11. The Labute approximate surface area is 171 Å². The number of hydrogen-bond acceptors (Lipinski definition) is 3. The molecule has 2 N–H and O–H groups in total. The summed E-state index contributed by atoms with van der Waals surface area (Å²) < 4.78 is 1.69. The lowest BCUT2D eigenvalue weighted by Gasteiger charge is -2.26. The normalized spacial score (nSPS) is 20.9. The summed E-state index contributed by atoms with van der Waals surface area (Å²) in [4.78, 5) is 25.8. The van der Waals surface area contributed by atoms with Crippen molar-refractivity contribution in [1.29, 1.82) is 0 Å². The van der Waals surface area contributed by atoms with Crippen molar-refractivity contribution < 1.29 is 4.79 Å². The molecule has 0 bridgehead atoms. The summed E-state index contributed by atoms with van der Waals surface area (Å²) in [5, 5.41) is 7.65. The lowest BCUT2D eigenvalue weighted by Crippen LogP contribution is -2.32. The Balaban J connectivity index is 1.86. The Morgan fingerprint density at radius 1 is 1.21 bits per heavy atom. The van der Waals surface area contributed by atoms with E-state index in [9.17, 15) is 9.59 Å². The lowest BCUT2D eigenvalue weighted by atomic mass is 9.83. The molecular formula is C22H30ClN3O2. The van der Waals surface area contributed by atoms with Crippen LogP contribution in [0.3, 0.4) is 0 Å².